The minimum atomic E-state index is -0.419. The van der Waals surface area contributed by atoms with Gasteiger partial charge in [0, 0.05) is 23.6 Å². The fraction of sp³-hybridized carbons (Fsp3) is 0.167. The summed E-state index contributed by atoms with van der Waals surface area (Å²) in [6.07, 6.45) is 0.579. The third kappa shape index (κ3) is 4.38. The number of thiocarbonyl (C=S) groups is 1. The van der Waals surface area contributed by atoms with Crippen molar-refractivity contribution in [3.05, 3.63) is 75.3 Å². The van der Waals surface area contributed by atoms with Crippen LogP contribution >= 0.6 is 12.2 Å². The summed E-state index contributed by atoms with van der Waals surface area (Å²) in [7, 11) is 0. The van der Waals surface area contributed by atoms with Crippen LogP contribution in [0.5, 0.6) is 0 Å². The standard InChI is InChI=1S/C18H16N2O2S/c1-2-5-13-6-3-7-14(10-13)11-17(18(19)23)15-8-4-9-16(12-15)20(21)22/h3-4,6-10,12,17H,11H2,1H3,(H2,19,23). The highest BCUT2D eigenvalue weighted by atomic mass is 32.1. The lowest BCUT2D eigenvalue weighted by Gasteiger charge is -2.16. The Kier molecular flexibility index (Phi) is 5.45. The van der Waals surface area contributed by atoms with Crippen molar-refractivity contribution < 1.29 is 4.92 Å². The molecule has 116 valence electrons. The van der Waals surface area contributed by atoms with Crippen LogP contribution in [0.2, 0.25) is 0 Å². The van der Waals surface area contributed by atoms with Gasteiger partial charge in [-0.2, -0.15) is 0 Å². The first-order chi connectivity index (χ1) is 11.0. The maximum absolute atomic E-state index is 10.9. The highest BCUT2D eigenvalue weighted by molar-refractivity contribution is 7.80. The van der Waals surface area contributed by atoms with Crippen LogP contribution in [-0.4, -0.2) is 9.91 Å². The highest BCUT2D eigenvalue weighted by Crippen LogP contribution is 2.25. The second-order valence-electron chi connectivity index (χ2n) is 5.09. The molecule has 0 saturated carbocycles. The third-order valence-electron chi connectivity index (χ3n) is 3.46. The summed E-state index contributed by atoms with van der Waals surface area (Å²) in [6, 6.07) is 14.3. The van der Waals surface area contributed by atoms with Crippen LogP contribution in [0.15, 0.2) is 48.5 Å². The Balaban J connectivity index is 2.34. The molecule has 0 spiro atoms. The zero-order valence-corrected chi connectivity index (χ0v) is 13.5. The van der Waals surface area contributed by atoms with Gasteiger partial charge in [0.1, 0.15) is 0 Å². The van der Waals surface area contributed by atoms with E-state index >= 15 is 0 Å². The molecule has 5 heteroatoms. The molecule has 1 atom stereocenters. The van der Waals surface area contributed by atoms with Crippen molar-refractivity contribution >= 4 is 22.9 Å². The van der Waals surface area contributed by atoms with Gasteiger partial charge in [-0.1, -0.05) is 42.4 Å². The molecule has 2 aromatic carbocycles. The first kappa shape index (κ1) is 16.7. The predicted octanol–water partition coefficient (Wildman–Crippen LogP) is 3.58. The molecule has 23 heavy (non-hydrogen) atoms. The van der Waals surface area contributed by atoms with Crippen molar-refractivity contribution in [2.75, 3.05) is 0 Å². The molecule has 0 fully saturated rings. The van der Waals surface area contributed by atoms with Gasteiger partial charge in [-0.15, -0.1) is 5.92 Å². The van der Waals surface area contributed by atoms with E-state index in [1.165, 1.54) is 12.1 Å². The molecule has 2 N–H and O–H groups in total. The fourth-order valence-electron chi connectivity index (χ4n) is 2.39. The molecule has 0 aromatic heterocycles. The maximum Gasteiger partial charge on any atom is 0.269 e. The molecule has 0 aliphatic rings. The maximum atomic E-state index is 10.9. The van der Waals surface area contributed by atoms with Crippen LogP contribution in [0.4, 0.5) is 5.69 Å². The molecular formula is C18H16N2O2S. The normalized spacial score (nSPS) is 11.2. The number of hydrogen-bond donors (Lipinski definition) is 1. The van der Waals surface area contributed by atoms with Gasteiger partial charge >= 0.3 is 0 Å². The van der Waals surface area contributed by atoms with Gasteiger partial charge in [-0.25, -0.2) is 0 Å². The molecular weight excluding hydrogens is 308 g/mol. The van der Waals surface area contributed by atoms with Crippen LogP contribution in [0.25, 0.3) is 0 Å². The summed E-state index contributed by atoms with van der Waals surface area (Å²) in [5.74, 6) is 5.62. The Morgan fingerprint density at radius 2 is 2.04 bits per heavy atom. The highest BCUT2D eigenvalue weighted by Gasteiger charge is 2.18. The van der Waals surface area contributed by atoms with E-state index in [1.807, 2.05) is 30.3 Å². The Labute approximate surface area is 140 Å². The number of hydrogen-bond acceptors (Lipinski definition) is 3. The molecule has 0 aliphatic carbocycles. The summed E-state index contributed by atoms with van der Waals surface area (Å²) in [5.41, 5.74) is 8.62. The molecule has 0 radical (unpaired) electrons. The quantitative estimate of drug-likeness (QED) is 0.395. The van der Waals surface area contributed by atoms with Crippen LogP contribution in [0, 0.1) is 22.0 Å². The first-order valence-corrected chi connectivity index (χ1v) is 7.47. The second-order valence-corrected chi connectivity index (χ2v) is 5.56. The predicted molar refractivity (Wildman–Crippen MR) is 95.3 cm³/mol. The van der Waals surface area contributed by atoms with Crippen LogP contribution < -0.4 is 5.73 Å². The first-order valence-electron chi connectivity index (χ1n) is 7.06. The number of rotatable bonds is 5. The minimum absolute atomic E-state index is 0.0364. The molecule has 2 rings (SSSR count). The Hall–Kier alpha value is -2.71. The van der Waals surface area contributed by atoms with Gasteiger partial charge in [0.15, 0.2) is 0 Å². The smallest absolute Gasteiger partial charge is 0.269 e. The van der Waals surface area contributed by atoms with E-state index in [4.69, 9.17) is 18.0 Å². The van der Waals surface area contributed by atoms with Crippen LogP contribution in [-0.2, 0) is 6.42 Å². The zero-order chi connectivity index (χ0) is 16.8. The number of benzene rings is 2. The van der Waals surface area contributed by atoms with Crippen molar-refractivity contribution in [3.8, 4) is 11.8 Å². The summed E-state index contributed by atoms with van der Waals surface area (Å²) in [4.78, 5) is 10.8. The van der Waals surface area contributed by atoms with Crippen molar-refractivity contribution in [1.29, 1.82) is 0 Å². The van der Waals surface area contributed by atoms with E-state index in [9.17, 15) is 10.1 Å². The van der Waals surface area contributed by atoms with E-state index in [2.05, 4.69) is 11.8 Å². The molecule has 4 nitrogen and oxygen atoms in total. The average Bonchev–Trinajstić information content (AvgIpc) is 2.53. The van der Waals surface area contributed by atoms with Crippen molar-refractivity contribution in [2.45, 2.75) is 19.3 Å². The number of nitrogens with two attached hydrogens (primary N) is 1. The van der Waals surface area contributed by atoms with Gasteiger partial charge in [-0.3, -0.25) is 10.1 Å². The van der Waals surface area contributed by atoms with Crippen LogP contribution in [0.3, 0.4) is 0 Å². The minimum Gasteiger partial charge on any atom is -0.393 e. The summed E-state index contributed by atoms with van der Waals surface area (Å²) in [6.45, 7) is 1.79. The lowest BCUT2D eigenvalue weighted by atomic mass is 9.91. The molecule has 1 unspecified atom stereocenters. The van der Waals surface area contributed by atoms with Gasteiger partial charge in [0.05, 0.1) is 9.91 Å². The largest absolute Gasteiger partial charge is 0.393 e. The van der Waals surface area contributed by atoms with E-state index < -0.39 is 4.92 Å². The monoisotopic (exact) mass is 324 g/mol. The van der Waals surface area contributed by atoms with Crippen molar-refractivity contribution in [2.24, 2.45) is 5.73 Å². The lowest BCUT2D eigenvalue weighted by Crippen LogP contribution is -2.21. The van der Waals surface area contributed by atoms with Gasteiger partial charge in [0.2, 0.25) is 0 Å². The Morgan fingerprint density at radius 3 is 2.70 bits per heavy atom. The van der Waals surface area contributed by atoms with Gasteiger partial charge in [-0.05, 0) is 36.6 Å². The summed E-state index contributed by atoms with van der Waals surface area (Å²) >= 11 is 5.17. The van der Waals surface area contributed by atoms with E-state index in [-0.39, 0.29) is 11.6 Å². The molecule has 0 aliphatic heterocycles. The second kappa shape index (κ2) is 7.52. The third-order valence-corrected chi connectivity index (χ3v) is 3.75. The van der Waals surface area contributed by atoms with Crippen LogP contribution in [0.1, 0.15) is 29.5 Å². The molecule has 0 saturated heterocycles. The molecule has 0 heterocycles. The SMILES string of the molecule is CC#Cc1cccc(CC(C(N)=S)c2cccc([N+](=O)[O-])c2)c1. The molecule has 2 aromatic rings. The molecule has 0 amide bonds. The Bertz CT molecular complexity index is 806. The zero-order valence-electron chi connectivity index (χ0n) is 12.7. The number of nitrogens with zero attached hydrogens (tertiary/aromatic N) is 1. The van der Waals surface area contributed by atoms with Gasteiger partial charge < -0.3 is 5.73 Å². The summed E-state index contributed by atoms with van der Waals surface area (Å²) in [5, 5.41) is 10.9. The summed E-state index contributed by atoms with van der Waals surface area (Å²) < 4.78 is 0. The fourth-order valence-corrected chi connectivity index (χ4v) is 2.61. The van der Waals surface area contributed by atoms with E-state index in [1.54, 1.807) is 13.0 Å². The Morgan fingerprint density at radius 1 is 1.30 bits per heavy atom. The van der Waals surface area contributed by atoms with E-state index in [0.29, 0.717) is 11.4 Å². The number of nitro benzene ring substituents is 1. The number of non-ortho nitro benzene ring substituents is 1. The number of nitro groups is 1. The topological polar surface area (TPSA) is 69.2 Å². The molecule has 0 bridgehead atoms. The van der Waals surface area contributed by atoms with E-state index in [0.717, 1.165) is 16.7 Å². The van der Waals surface area contributed by atoms with Crippen molar-refractivity contribution in [3.63, 3.8) is 0 Å². The van der Waals surface area contributed by atoms with Crippen molar-refractivity contribution in [1.82, 2.24) is 0 Å². The lowest BCUT2D eigenvalue weighted by molar-refractivity contribution is -0.384. The van der Waals surface area contributed by atoms with Gasteiger partial charge in [0.25, 0.3) is 5.69 Å². The average molecular weight is 324 g/mol.